The molecule has 113 valence electrons. The average Bonchev–Trinajstić information content (AvgIpc) is 2.86. The van der Waals surface area contributed by atoms with E-state index in [4.69, 9.17) is 5.73 Å². The molecule has 4 N–H and O–H groups in total. The minimum atomic E-state index is -1.41. The van der Waals surface area contributed by atoms with Crippen molar-refractivity contribution in [3.05, 3.63) is 18.2 Å². The Morgan fingerprint density at radius 2 is 2.05 bits per heavy atom. The molecule has 0 aromatic carbocycles. The minimum absolute atomic E-state index is 0. The monoisotopic (exact) mass is 330 g/mol. The van der Waals surface area contributed by atoms with Gasteiger partial charge in [0.05, 0.1) is 25.1 Å². The normalized spacial score (nSPS) is 11.1. The topological polar surface area (TPSA) is 151 Å². The van der Waals surface area contributed by atoms with Crippen molar-refractivity contribution in [2.24, 2.45) is 5.73 Å². The molecule has 0 aliphatic heterocycles. The zero-order chi connectivity index (χ0) is 14.3. The van der Waals surface area contributed by atoms with Crippen LogP contribution in [0.3, 0.4) is 0 Å². The molecule has 0 bridgehead atoms. The number of nitrogens with one attached hydrogen (secondary N) is 2. The van der Waals surface area contributed by atoms with E-state index in [1.165, 1.54) is 12.5 Å². The summed E-state index contributed by atoms with van der Waals surface area (Å²) in [6.45, 7) is -0.962. The Hall–Kier alpha value is -1.90. The summed E-state index contributed by atoms with van der Waals surface area (Å²) in [5.41, 5.74) is 6.17. The standard InChI is InChI=1S/C10H15N5O4.Cu/c11-7(1-6-2-12-5-15-6)10(19)14-3-8(16)13-4-9(17)18;/h2,5,7H,1,3-4,11H2,(H4,12,13,14,15,16,17,18,19);/q;+2/p-2/t7-;/m0./s1. The number of imidazole rings is 1. The van der Waals surface area contributed by atoms with Crippen LogP contribution < -0.4 is 26.5 Å². The van der Waals surface area contributed by atoms with Gasteiger partial charge in [-0.3, -0.25) is 9.59 Å². The third-order valence-electron chi connectivity index (χ3n) is 2.13. The number of amides is 2. The summed E-state index contributed by atoms with van der Waals surface area (Å²) < 4.78 is 0. The number of aromatic nitrogens is 2. The maximum Gasteiger partial charge on any atom is 2.00 e. The molecule has 1 atom stereocenters. The van der Waals surface area contributed by atoms with E-state index >= 15 is 0 Å². The van der Waals surface area contributed by atoms with Gasteiger partial charge in [-0.1, -0.05) is 18.2 Å². The van der Waals surface area contributed by atoms with Crippen molar-refractivity contribution in [1.82, 2.24) is 20.6 Å². The molecule has 1 heterocycles. The van der Waals surface area contributed by atoms with Crippen molar-refractivity contribution >= 4 is 17.8 Å². The molecular formula is C10H13CuN5O4. The fourth-order valence-electron chi connectivity index (χ4n) is 1.22. The SMILES string of the molecule is N[C@@H](Cc1c[n-]cn1)C(=O)NCC(=O)NCC(=O)[O-].[Cu+2]. The van der Waals surface area contributed by atoms with Crippen LogP contribution in [0.5, 0.6) is 0 Å². The molecule has 10 heteroatoms. The molecule has 1 aromatic rings. The molecule has 0 saturated heterocycles. The number of hydrogen-bond donors (Lipinski definition) is 3. The Kier molecular flexibility index (Phi) is 8.21. The third-order valence-corrected chi connectivity index (χ3v) is 2.13. The van der Waals surface area contributed by atoms with Crippen molar-refractivity contribution < 1.29 is 36.6 Å². The van der Waals surface area contributed by atoms with Crippen LogP contribution in [-0.2, 0) is 37.9 Å². The second-order valence-electron chi connectivity index (χ2n) is 3.69. The minimum Gasteiger partial charge on any atom is -0.548 e. The van der Waals surface area contributed by atoms with Crippen molar-refractivity contribution in [2.45, 2.75) is 12.5 Å². The molecule has 0 unspecified atom stereocenters. The Bertz CT molecular complexity index is 451. The number of aliphatic carboxylic acids is 1. The maximum atomic E-state index is 11.5. The van der Waals surface area contributed by atoms with Gasteiger partial charge >= 0.3 is 17.1 Å². The van der Waals surface area contributed by atoms with Crippen LogP contribution >= 0.6 is 0 Å². The summed E-state index contributed by atoms with van der Waals surface area (Å²) in [6, 6.07) is -0.856. The van der Waals surface area contributed by atoms with E-state index in [9.17, 15) is 19.5 Å². The fraction of sp³-hybridized carbons (Fsp3) is 0.400. The quantitative estimate of drug-likeness (QED) is 0.429. The summed E-state index contributed by atoms with van der Waals surface area (Å²) in [7, 11) is 0. The molecule has 0 saturated carbocycles. The molecule has 1 rings (SSSR count). The van der Waals surface area contributed by atoms with Crippen LogP contribution in [0.1, 0.15) is 5.69 Å². The van der Waals surface area contributed by atoms with Crippen molar-refractivity contribution in [2.75, 3.05) is 13.1 Å². The first-order chi connectivity index (χ1) is 8.99. The number of carbonyl (C=O) groups excluding carboxylic acids is 3. The Morgan fingerprint density at radius 3 is 2.60 bits per heavy atom. The molecule has 0 fully saturated rings. The molecule has 0 aliphatic rings. The van der Waals surface area contributed by atoms with Gasteiger partial charge < -0.3 is 36.2 Å². The van der Waals surface area contributed by atoms with Crippen molar-refractivity contribution in [1.29, 1.82) is 0 Å². The van der Waals surface area contributed by atoms with Gasteiger partial charge in [0.1, 0.15) is 0 Å². The second-order valence-corrected chi connectivity index (χ2v) is 3.69. The molecule has 0 spiro atoms. The van der Waals surface area contributed by atoms with Gasteiger partial charge in [0.25, 0.3) is 0 Å². The molecule has 0 aliphatic carbocycles. The smallest absolute Gasteiger partial charge is 0.548 e. The molecule has 1 radical (unpaired) electrons. The Labute approximate surface area is 125 Å². The molecule has 2 amide bonds. The van der Waals surface area contributed by atoms with Gasteiger partial charge in [-0.05, 0) is 6.42 Å². The molecule has 9 nitrogen and oxygen atoms in total. The third kappa shape index (κ3) is 6.88. The number of hydrogen-bond acceptors (Lipinski definition) is 6. The van der Waals surface area contributed by atoms with Crippen LogP contribution in [0.25, 0.3) is 0 Å². The number of carboxylic acid groups (broad SMARTS) is 1. The first-order valence-corrected chi connectivity index (χ1v) is 5.40. The van der Waals surface area contributed by atoms with E-state index in [0.717, 1.165) is 0 Å². The van der Waals surface area contributed by atoms with E-state index < -0.39 is 30.4 Å². The first-order valence-electron chi connectivity index (χ1n) is 5.40. The van der Waals surface area contributed by atoms with E-state index in [-0.39, 0.29) is 30.0 Å². The van der Waals surface area contributed by atoms with Gasteiger partial charge in [0.15, 0.2) is 0 Å². The summed E-state index contributed by atoms with van der Waals surface area (Å²) in [6.07, 6.45) is 3.03. The van der Waals surface area contributed by atoms with Crippen LogP contribution in [-0.4, -0.2) is 41.9 Å². The molecule has 1 aromatic heterocycles. The summed E-state index contributed by atoms with van der Waals surface area (Å²) in [5, 5.41) is 14.4. The van der Waals surface area contributed by atoms with E-state index in [0.29, 0.717) is 5.69 Å². The van der Waals surface area contributed by atoms with Gasteiger partial charge in [-0.2, -0.15) is 0 Å². The van der Waals surface area contributed by atoms with Crippen LogP contribution in [0.15, 0.2) is 12.5 Å². The van der Waals surface area contributed by atoms with E-state index in [1.807, 2.05) is 5.32 Å². The van der Waals surface area contributed by atoms with E-state index in [1.54, 1.807) is 0 Å². The summed E-state index contributed by atoms with van der Waals surface area (Å²) in [4.78, 5) is 40.3. The van der Waals surface area contributed by atoms with Crippen LogP contribution in [0.4, 0.5) is 0 Å². The molecular weight excluding hydrogens is 318 g/mol. The molecule has 20 heavy (non-hydrogen) atoms. The number of carbonyl (C=O) groups is 3. The Morgan fingerprint density at radius 1 is 1.35 bits per heavy atom. The average molecular weight is 331 g/mol. The maximum absolute atomic E-state index is 11.5. The predicted molar refractivity (Wildman–Crippen MR) is 60.3 cm³/mol. The van der Waals surface area contributed by atoms with Gasteiger partial charge in [-0.15, -0.1) is 0 Å². The zero-order valence-electron chi connectivity index (χ0n) is 10.3. The number of nitrogens with zero attached hydrogens (tertiary/aromatic N) is 2. The largest absolute Gasteiger partial charge is 2.00 e. The van der Waals surface area contributed by atoms with E-state index in [2.05, 4.69) is 15.3 Å². The zero-order valence-corrected chi connectivity index (χ0v) is 11.2. The number of nitrogens with two attached hydrogens (primary N) is 1. The Balaban J connectivity index is 0.00000361. The number of rotatable bonds is 7. The summed E-state index contributed by atoms with van der Waals surface area (Å²) >= 11 is 0. The van der Waals surface area contributed by atoms with Crippen molar-refractivity contribution in [3.63, 3.8) is 0 Å². The predicted octanol–water partition coefficient (Wildman–Crippen LogP) is -4.11. The van der Waals surface area contributed by atoms with Gasteiger partial charge in [-0.25, -0.2) is 0 Å². The summed E-state index contributed by atoms with van der Waals surface area (Å²) in [5.74, 6) is -2.59. The fourth-order valence-corrected chi connectivity index (χ4v) is 1.22. The van der Waals surface area contributed by atoms with Crippen molar-refractivity contribution in [3.8, 4) is 0 Å². The van der Waals surface area contributed by atoms with Gasteiger partial charge in [0, 0.05) is 0 Å². The van der Waals surface area contributed by atoms with Gasteiger partial charge in [0.2, 0.25) is 11.8 Å². The second kappa shape index (κ2) is 9.07. The number of carboxylic acids is 1. The van der Waals surface area contributed by atoms with Crippen LogP contribution in [0.2, 0.25) is 0 Å². The van der Waals surface area contributed by atoms with Crippen LogP contribution in [0, 0.1) is 0 Å². The first kappa shape index (κ1) is 18.1.